The van der Waals surface area contributed by atoms with E-state index >= 15 is 0 Å². The van der Waals surface area contributed by atoms with E-state index in [-0.39, 0.29) is 27.8 Å². The van der Waals surface area contributed by atoms with Crippen molar-refractivity contribution < 1.29 is 26.5 Å². The third kappa shape index (κ3) is 3.99. The first-order valence-electron chi connectivity index (χ1n) is 8.80. The molecule has 0 spiro atoms. The smallest absolute Gasteiger partial charge is 0.363 e. The van der Waals surface area contributed by atoms with Crippen LogP contribution in [0.2, 0.25) is 0 Å². The summed E-state index contributed by atoms with van der Waals surface area (Å²) in [5, 5.41) is 0. The van der Waals surface area contributed by atoms with Gasteiger partial charge in [-0.05, 0) is 36.4 Å². The van der Waals surface area contributed by atoms with Gasteiger partial charge in [0, 0.05) is 5.56 Å². The maximum absolute atomic E-state index is 14.0. The third-order valence-electron chi connectivity index (χ3n) is 4.17. The Bertz CT molecular complexity index is 1280. The summed E-state index contributed by atoms with van der Waals surface area (Å²) in [6.45, 7) is 0. The predicted molar refractivity (Wildman–Crippen MR) is 108 cm³/mol. The minimum atomic E-state index is -4.07. The SMILES string of the molecule is O=C1OC(c2ccccc2F)=N/C1=C\c1ccccc1OS(=O)(=O)c1ccccc1. The lowest BCUT2D eigenvalue weighted by Crippen LogP contribution is -2.10. The quantitative estimate of drug-likeness (QED) is 0.353. The number of benzene rings is 3. The van der Waals surface area contributed by atoms with Crippen LogP contribution in [0, 0.1) is 5.82 Å². The first-order chi connectivity index (χ1) is 14.4. The van der Waals surface area contributed by atoms with E-state index in [1.54, 1.807) is 42.5 Å². The number of nitrogens with zero attached hydrogens (tertiary/aromatic N) is 1. The van der Waals surface area contributed by atoms with Crippen LogP contribution in [-0.2, 0) is 19.6 Å². The van der Waals surface area contributed by atoms with Crippen LogP contribution in [0.15, 0.2) is 94.4 Å². The number of hydrogen-bond donors (Lipinski definition) is 0. The fourth-order valence-corrected chi connectivity index (χ4v) is 3.71. The number of carbonyl (C=O) groups is 1. The number of halogens is 1. The summed E-state index contributed by atoms with van der Waals surface area (Å²) in [4.78, 5) is 16.3. The second kappa shape index (κ2) is 7.92. The molecule has 1 aliphatic rings. The Kier molecular flexibility index (Phi) is 5.16. The molecule has 0 amide bonds. The highest BCUT2D eigenvalue weighted by atomic mass is 32.2. The highest BCUT2D eigenvalue weighted by Crippen LogP contribution is 2.27. The lowest BCUT2D eigenvalue weighted by molar-refractivity contribution is -0.129. The zero-order valence-electron chi connectivity index (χ0n) is 15.4. The molecule has 30 heavy (non-hydrogen) atoms. The Hall–Kier alpha value is -3.78. The summed E-state index contributed by atoms with van der Waals surface area (Å²) >= 11 is 0. The van der Waals surface area contributed by atoms with Gasteiger partial charge in [-0.25, -0.2) is 14.2 Å². The Morgan fingerprint density at radius 3 is 2.33 bits per heavy atom. The average molecular weight is 423 g/mol. The number of hydrogen-bond acceptors (Lipinski definition) is 6. The Morgan fingerprint density at radius 1 is 0.900 bits per heavy atom. The first-order valence-corrected chi connectivity index (χ1v) is 10.2. The van der Waals surface area contributed by atoms with Gasteiger partial charge >= 0.3 is 16.1 Å². The Morgan fingerprint density at radius 2 is 1.57 bits per heavy atom. The molecule has 150 valence electrons. The summed E-state index contributed by atoms with van der Waals surface area (Å²) < 4.78 is 49.3. The van der Waals surface area contributed by atoms with Crippen LogP contribution >= 0.6 is 0 Å². The number of carbonyl (C=O) groups excluding carboxylic acids is 1. The predicted octanol–water partition coefficient (Wildman–Crippen LogP) is 3.94. The van der Waals surface area contributed by atoms with E-state index < -0.39 is 21.9 Å². The van der Waals surface area contributed by atoms with Crippen molar-refractivity contribution in [2.75, 3.05) is 0 Å². The third-order valence-corrected chi connectivity index (χ3v) is 5.42. The van der Waals surface area contributed by atoms with Crippen LogP contribution in [0.4, 0.5) is 4.39 Å². The van der Waals surface area contributed by atoms with E-state index in [4.69, 9.17) is 8.92 Å². The van der Waals surface area contributed by atoms with Crippen LogP contribution in [0.3, 0.4) is 0 Å². The molecule has 0 bridgehead atoms. The largest absolute Gasteiger partial charge is 0.402 e. The van der Waals surface area contributed by atoms with Crippen molar-refractivity contribution >= 4 is 28.1 Å². The minimum absolute atomic E-state index is 0.00686. The fourth-order valence-electron chi connectivity index (χ4n) is 2.74. The second-order valence-electron chi connectivity index (χ2n) is 6.20. The number of para-hydroxylation sites is 1. The van der Waals surface area contributed by atoms with E-state index in [0.29, 0.717) is 5.56 Å². The molecule has 0 unspecified atom stereocenters. The first kappa shape index (κ1) is 19.5. The Balaban J connectivity index is 1.68. The molecule has 0 atom stereocenters. The van der Waals surface area contributed by atoms with Crippen molar-refractivity contribution in [1.29, 1.82) is 0 Å². The number of aliphatic imine (C=N–C) groups is 1. The zero-order chi connectivity index (χ0) is 21.1. The average Bonchev–Trinajstić information content (AvgIpc) is 3.10. The molecule has 8 heteroatoms. The Labute approximate surface area is 172 Å². The summed E-state index contributed by atoms with van der Waals surface area (Å²) in [6, 6.07) is 19.7. The molecular formula is C22H14FNO5S. The molecule has 1 heterocycles. The molecule has 3 aromatic carbocycles. The van der Waals surface area contributed by atoms with Gasteiger partial charge in [-0.3, -0.25) is 0 Å². The van der Waals surface area contributed by atoms with Gasteiger partial charge in [-0.1, -0.05) is 48.5 Å². The van der Waals surface area contributed by atoms with E-state index in [1.165, 1.54) is 42.5 Å². The molecule has 4 rings (SSSR count). The monoisotopic (exact) mass is 423 g/mol. The number of esters is 1. The molecule has 0 saturated carbocycles. The van der Waals surface area contributed by atoms with Gasteiger partial charge in [-0.15, -0.1) is 0 Å². The molecule has 3 aromatic rings. The van der Waals surface area contributed by atoms with E-state index in [2.05, 4.69) is 4.99 Å². The lowest BCUT2D eigenvalue weighted by atomic mass is 10.1. The number of ether oxygens (including phenoxy) is 1. The zero-order valence-corrected chi connectivity index (χ0v) is 16.2. The molecule has 0 radical (unpaired) electrons. The van der Waals surface area contributed by atoms with Crippen molar-refractivity contribution in [3.05, 3.63) is 102 Å². The van der Waals surface area contributed by atoms with E-state index in [9.17, 15) is 17.6 Å². The van der Waals surface area contributed by atoms with Crippen molar-refractivity contribution in [2.24, 2.45) is 4.99 Å². The van der Waals surface area contributed by atoms with Gasteiger partial charge in [0.2, 0.25) is 5.90 Å². The maximum atomic E-state index is 14.0. The molecule has 0 N–H and O–H groups in total. The topological polar surface area (TPSA) is 82.0 Å². The molecule has 1 aliphatic heterocycles. The number of cyclic esters (lactones) is 1. The van der Waals surface area contributed by atoms with Crippen molar-refractivity contribution in [3.63, 3.8) is 0 Å². The second-order valence-corrected chi connectivity index (χ2v) is 7.75. The summed E-state index contributed by atoms with van der Waals surface area (Å²) in [5.74, 6) is -1.52. The van der Waals surface area contributed by atoms with Gasteiger partial charge in [0.25, 0.3) is 0 Å². The standard InChI is InChI=1S/C22H14FNO5S/c23-18-12-6-5-11-17(18)21-24-19(22(25)28-21)14-15-8-4-7-13-20(15)29-30(26,27)16-9-2-1-3-10-16/h1-14H/b19-14-. The normalized spacial score (nSPS) is 15.0. The summed E-state index contributed by atoms with van der Waals surface area (Å²) in [6.07, 6.45) is 1.33. The maximum Gasteiger partial charge on any atom is 0.363 e. The molecule has 0 aliphatic carbocycles. The van der Waals surface area contributed by atoms with Gasteiger partial charge in [0.1, 0.15) is 16.5 Å². The fraction of sp³-hybridized carbons (Fsp3) is 0. The minimum Gasteiger partial charge on any atom is -0.402 e. The molecule has 6 nitrogen and oxygen atoms in total. The molecule has 0 aromatic heterocycles. The summed E-state index contributed by atoms with van der Waals surface area (Å²) in [5.41, 5.74) is 0.231. The highest BCUT2D eigenvalue weighted by molar-refractivity contribution is 7.87. The van der Waals surface area contributed by atoms with E-state index in [0.717, 1.165) is 0 Å². The summed E-state index contributed by atoms with van der Waals surface area (Å²) in [7, 11) is -4.07. The van der Waals surface area contributed by atoms with Gasteiger partial charge < -0.3 is 8.92 Å². The van der Waals surface area contributed by atoms with Crippen molar-refractivity contribution in [1.82, 2.24) is 0 Å². The van der Waals surface area contributed by atoms with Crippen LogP contribution in [0.1, 0.15) is 11.1 Å². The van der Waals surface area contributed by atoms with Crippen LogP contribution in [-0.4, -0.2) is 20.3 Å². The van der Waals surface area contributed by atoms with Crippen molar-refractivity contribution in [2.45, 2.75) is 4.90 Å². The van der Waals surface area contributed by atoms with Gasteiger partial charge in [-0.2, -0.15) is 8.42 Å². The molecule has 0 saturated heterocycles. The highest BCUT2D eigenvalue weighted by Gasteiger charge is 2.26. The van der Waals surface area contributed by atoms with E-state index in [1.807, 2.05) is 0 Å². The van der Waals surface area contributed by atoms with Crippen LogP contribution in [0.25, 0.3) is 6.08 Å². The molecular weight excluding hydrogens is 409 g/mol. The van der Waals surface area contributed by atoms with Crippen molar-refractivity contribution in [3.8, 4) is 5.75 Å². The van der Waals surface area contributed by atoms with Gasteiger partial charge in [0.05, 0.1) is 5.56 Å². The lowest BCUT2D eigenvalue weighted by Gasteiger charge is -2.09. The number of rotatable bonds is 5. The molecule has 0 fully saturated rings. The van der Waals surface area contributed by atoms with Crippen LogP contribution in [0.5, 0.6) is 5.75 Å². The van der Waals surface area contributed by atoms with Gasteiger partial charge in [0.15, 0.2) is 5.70 Å². The van der Waals surface area contributed by atoms with Crippen LogP contribution < -0.4 is 4.18 Å².